The summed E-state index contributed by atoms with van der Waals surface area (Å²) in [5.74, 6) is 0. The summed E-state index contributed by atoms with van der Waals surface area (Å²) in [5, 5.41) is 11.1. The maximum Gasteiger partial charge on any atom is 0.160 e. The highest BCUT2D eigenvalue weighted by atomic mass is 16.3. The minimum absolute atomic E-state index is 0.881. The Morgan fingerprint density at radius 1 is 0.550 bits per heavy atom. The van der Waals surface area contributed by atoms with Crippen molar-refractivity contribution in [1.29, 1.82) is 0 Å². The molecule has 40 heavy (non-hydrogen) atoms. The van der Waals surface area contributed by atoms with E-state index in [9.17, 15) is 0 Å². The number of hydrogen-bond acceptors (Lipinski definition) is 2. The van der Waals surface area contributed by atoms with Crippen LogP contribution in [0.1, 0.15) is 0 Å². The van der Waals surface area contributed by atoms with Gasteiger partial charge >= 0.3 is 0 Å². The van der Waals surface area contributed by atoms with Crippen LogP contribution in [0.3, 0.4) is 0 Å². The van der Waals surface area contributed by atoms with Gasteiger partial charge in [0.1, 0.15) is 16.7 Å². The molecule has 0 N–H and O–H groups in total. The molecule has 7 aromatic carbocycles. The molecule has 0 fully saturated rings. The van der Waals surface area contributed by atoms with Crippen molar-refractivity contribution in [3.63, 3.8) is 0 Å². The molecule has 0 bridgehead atoms. The fourth-order valence-electron chi connectivity index (χ4n) is 6.95. The fourth-order valence-corrected chi connectivity index (χ4v) is 6.95. The molecule has 10 aromatic rings. The maximum absolute atomic E-state index is 6.61. The van der Waals surface area contributed by atoms with Gasteiger partial charge in [0, 0.05) is 16.2 Å². The number of fused-ring (bicyclic) bond motifs is 10. The molecule has 0 aliphatic rings. The highest BCUT2D eigenvalue weighted by Crippen LogP contribution is 2.42. The van der Waals surface area contributed by atoms with Crippen LogP contribution in [0.25, 0.3) is 93.0 Å². The first-order valence-electron chi connectivity index (χ1n) is 13.6. The standard InChI is InChI=1S/C37H20N2O/c1-2-9-28-27(8-1)36-35(39-31-11-4-3-10-30(31)38-37(28)39)29-20-24(16-19-32(29)40-36)25-17-14-23-13-12-21-6-5-7-22-15-18-26(25)34(23)33(21)22/h1-20H. The molecule has 0 saturated heterocycles. The van der Waals surface area contributed by atoms with Crippen molar-refractivity contribution in [3.8, 4) is 11.1 Å². The normalized spacial score (nSPS) is 12.5. The number of pyridine rings is 1. The van der Waals surface area contributed by atoms with Gasteiger partial charge in [0.25, 0.3) is 0 Å². The lowest BCUT2D eigenvalue weighted by molar-refractivity contribution is 0.672. The van der Waals surface area contributed by atoms with E-state index in [1.54, 1.807) is 0 Å². The third-order valence-corrected chi connectivity index (χ3v) is 8.70. The molecule has 0 aliphatic heterocycles. The largest absolute Gasteiger partial charge is 0.454 e. The van der Waals surface area contributed by atoms with Crippen LogP contribution in [0, 0.1) is 0 Å². The van der Waals surface area contributed by atoms with Crippen molar-refractivity contribution in [2.24, 2.45) is 0 Å². The zero-order chi connectivity index (χ0) is 25.9. The monoisotopic (exact) mass is 508 g/mol. The molecule has 0 spiro atoms. The van der Waals surface area contributed by atoms with Gasteiger partial charge in [0.2, 0.25) is 0 Å². The van der Waals surface area contributed by atoms with Crippen LogP contribution in [-0.2, 0) is 0 Å². The number of hydrogen-bond donors (Lipinski definition) is 0. The first-order valence-corrected chi connectivity index (χ1v) is 13.6. The minimum atomic E-state index is 0.881. The van der Waals surface area contributed by atoms with E-state index in [0.29, 0.717) is 0 Å². The summed E-state index contributed by atoms with van der Waals surface area (Å²) in [6, 6.07) is 43.5. The Morgan fingerprint density at radius 2 is 1.30 bits per heavy atom. The lowest BCUT2D eigenvalue weighted by Crippen LogP contribution is -1.90. The topological polar surface area (TPSA) is 30.4 Å². The summed E-state index contributed by atoms with van der Waals surface area (Å²) in [6.45, 7) is 0. The highest BCUT2D eigenvalue weighted by molar-refractivity contribution is 6.26. The van der Waals surface area contributed by atoms with Crippen LogP contribution in [0.2, 0.25) is 0 Å². The quantitative estimate of drug-likeness (QED) is 0.207. The molecule has 3 heterocycles. The van der Waals surface area contributed by atoms with Gasteiger partial charge in [-0.05, 0) is 67.7 Å². The van der Waals surface area contributed by atoms with Gasteiger partial charge in [-0.15, -0.1) is 0 Å². The molecule has 3 nitrogen and oxygen atoms in total. The summed E-state index contributed by atoms with van der Waals surface area (Å²) in [6.07, 6.45) is 0. The summed E-state index contributed by atoms with van der Waals surface area (Å²) < 4.78 is 8.90. The number of para-hydroxylation sites is 2. The van der Waals surface area contributed by atoms with Crippen LogP contribution >= 0.6 is 0 Å². The Hall–Kier alpha value is -5.41. The number of aromatic nitrogens is 2. The van der Waals surface area contributed by atoms with Crippen molar-refractivity contribution in [2.45, 2.75) is 0 Å². The number of imidazole rings is 1. The molecule has 184 valence electrons. The fraction of sp³-hybridized carbons (Fsp3) is 0. The highest BCUT2D eigenvalue weighted by Gasteiger charge is 2.20. The Kier molecular flexibility index (Phi) is 3.68. The molecule has 3 heteroatoms. The second-order valence-electron chi connectivity index (χ2n) is 10.8. The van der Waals surface area contributed by atoms with Crippen LogP contribution in [-0.4, -0.2) is 9.38 Å². The molecule has 0 amide bonds. The van der Waals surface area contributed by atoms with E-state index in [1.807, 2.05) is 6.07 Å². The summed E-state index contributed by atoms with van der Waals surface area (Å²) >= 11 is 0. The van der Waals surface area contributed by atoms with Gasteiger partial charge in [-0.1, -0.05) is 97.1 Å². The van der Waals surface area contributed by atoms with Gasteiger partial charge in [0.05, 0.1) is 11.0 Å². The van der Waals surface area contributed by atoms with E-state index in [4.69, 9.17) is 9.40 Å². The predicted molar refractivity (Wildman–Crippen MR) is 167 cm³/mol. The van der Waals surface area contributed by atoms with Gasteiger partial charge in [0.15, 0.2) is 5.58 Å². The van der Waals surface area contributed by atoms with Crippen molar-refractivity contribution in [2.75, 3.05) is 0 Å². The third kappa shape index (κ3) is 2.48. The van der Waals surface area contributed by atoms with Crippen LogP contribution < -0.4 is 0 Å². The lowest BCUT2D eigenvalue weighted by atomic mass is 9.89. The van der Waals surface area contributed by atoms with E-state index in [2.05, 4.69) is 120 Å². The summed E-state index contributed by atoms with van der Waals surface area (Å²) in [5.41, 5.74) is 8.28. The van der Waals surface area contributed by atoms with Crippen molar-refractivity contribution in [1.82, 2.24) is 9.38 Å². The van der Waals surface area contributed by atoms with E-state index >= 15 is 0 Å². The first-order chi connectivity index (χ1) is 19.8. The minimum Gasteiger partial charge on any atom is -0.454 e. The average molecular weight is 509 g/mol. The van der Waals surface area contributed by atoms with Gasteiger partial charge in [-0.25, -0.2) is 4.98 Å². The predicted octanol–water partition coefficient (Wildman–Crippen LogP) is 10.1. The van der Waals surface area contributed by atoms with Crippen molar-refractivity contribution < 1.29 is 4.42 Å². The molecule has 0 unspecified atom stereocenters. The second-order valence-corrected chi connectivity index (χ2v) is 10.8. The Morgan fingerprint density at radius 3 is 2.20 bits per heavy atom. The molecule has 0 radical (unpaired) electrons. The first kappa shape index (κ1) is 20.5. The maximum atomic E-state index is 6.61. The SMILES string of the molecule is c1cc2ccc3ccc(-c4ccc5oc6c7ccccc7c7nc8ccccc8n7c6c5c4)c4ccc(c1)c2c34. The molecule has 0 aliphatic carbocycles. The molecule has 0 atom stereocenters. The Balaban J connectivity index is 1.36. The number of rotatable bonds is 1. The van der Waals surface area contributed by atoms with Gasteiger partial charge in [-0.3, -0.25) is 4.40 Å². The third-order valence-electron chi connectivity index (χ3n) is 8.70. The van der Waals surface area contributed by atoms with Crippen LogP contribution in [0.15, 0.2) is 126 Å². The van der Waals surface area contributed by atoms with Gasteiger partial charge < -0.3 is 4.42 Å². The van der Waals surface area contributed by atoms with E-state index in [0.717, 1.165) is 49.5 Å². The molecular formula is C37H20N2O. The zero-order valence-corrected chi connectivity index (χ0v) is 21.3. The van der Waals surface area contributed by atoms with Crippen LogP contribution in [0.5, 0.6) is 0 Å². The van der Waals surface area contributed by atoms with Crippen molar-refractivity contribution in [3.05, 3.63) is 121 Å². The number of furan rings is 1. The Labute approximate surface area is 227 Å². The Bertz CT molecular complexity index is 2640. The summed E-state index contributed by atoms with van der Waals surface area (Å²) in [7, 11) is 0. The van der Waals surface area contributed by atoms with Crippen molar-refractivity contribution >= 4 is 81.8 Å². The van der Waals surface area contributed by atoms with Crippen LogP contribution in [0.4, 0.5) is 0 Å². The average Bonchev–Trinajstić information content (AvgIpc) is 3.58. The van der Waals surface area contributed by atoms with E-state index < -0.39 is 0 Å². The molecule has 3 aromatic heterocycles. The second kappa shape index (κ2) is 7.16. The number of nitrogens with zero attached hydrogens (tertiary/aromatic N) is 2. The lowest BCUT2D eigenvalue weighted by Gasteiger charge is -2.14. The van der Waals surface area contributed by atoms with E-state index in [-0.39, 0.29) is 0 Å². The van der Waals surface area contributed by atoms with Gasteiger partial charge in [-0.2, -0.15) is 0 Å². The molecule has 0 saturated carbocycles. The smallest absolute Gasteiger partial charge is 0.160 e. The zero-order valence-electron chi connectivity index (χ0n) is 21.3. The molecule has 10 rings (SSSR count). The molecular weight excluding hydrogens is 488 g/mol. The van der Waals surface area contributed by atoms with E-state index in [1.165, 1.54) is 43.4 Å². The number of benzene rings is 7. The summed E-state index contributed by atoms with van der Waals surface area (Å²) in [4.78, 5) is 5.07.